The van der Waals surface area contributed by atoms with E-state index in [1.165, 1.54) is 4.90 Å². The molecule has 1 fully saturated rings. The monoisotopic (exact) mass is 296 g/mol. The number of ether oxygens (including phenoxy) is 1. The Bertz CT molecular complexity index is 237. The number of hydrogen-bond donors (Lipinski definition) is 0. The van der Waals surface area contributed by atoms with E-state index in [4.69, 9.17) is 4.74 Å². The van der Waals surface area contributed by atoms with Crippen LogP contribution >= 0.6 is 0 Å². The van der Waals surface area contributed by atoms with E-state index in [-0.39, 0.29) is 21.1 Å². The maximum atomic E-state index is 11.6. The fraction of sp³-hybridized carbons (Fsp3) is 0.800. The molecule has 1 aliphatic rings. The van der Waals surface area contributed by atoms with Crippen LogP contribution in [0.1, 0.15) is 33.6 Å². The Kier molecular flexibility index (Phi) is 5.50. The summed E-state index contributed by atoms with van der Waals surface area (Å²) in [6.45, 7) is 6.01. The van der Waals surface area contributed by atoms with Crippen molar-refractivity contribution in [3.05, 3.63) is 0 Å². The zero-order valence-electron chi connectivity index (χ0n) is 9.28. The van der Waals surface area contributed by atoms with Crippen LogP contribution in [0.2, 0.25) is 0 Å². The predicted octanol–water partition coefficient (Wildman–Crippen LogP) is 1.49. The van der Waals surface area contributed by atoms with Gasteiger partial charge >= 0.3 is 6.09 Å². The molecule has 15 heavy (non-hydrogen) atoms. The van der Waals surface area contributed by atoms with E-state index in [9.17, 15) is 9.59 Å². The van der Waals surface area contributed by atoms with Gasteiger partial charge in [0.15, 0.2) is 0 Å². The van der Waals surface area contributed by atoms with E-state index in [2.05, 4.69) is 0 Å². The first-order valence-corrected chi connectivity index (χ1v) is 4.81. The molecule has 1 atom stereocenters. The molecule has 0 N–H and O–H groups in total. The molecule has 0 aromatic carbocycles. The van der Waals surface area contributed by atoms with Gasteiger partial charge in [0.2, 0.25) is 0 Å². The Hall–Kier alpha value is -0.372. The molecule has 0 aromatic rings. The SMILES string of the molecule is CC(C)(C)OC(=O)N1CCCC1[C-]=O.[Mo]. The third kappa shape index (κ3) is 4.33. The number of rotatable bonds is 1. The van der Waals surface area contributed by atoms with Gasteiger partial charge in [-0.3, -0.25) is 0 Å². The van der Waals surface area contributed by atoms with Gasteiger partial charge in [-0.25, -0.2) is 11.1 Å². The summed E-state index contributed by atoms with van der Waals surface area (Å²) in [5.41, 5.74) is -0.507. The van der Waals surface area contributed by atoms with Crippen molar-refractivity contribution in [1.82, 2.24) is 4.90 Å². The van der Waals surface area contributed by atoms with E-state index >= 15 is 0 Å². The summed E-state index contributed by atoms with van der Waals surface area (Å²) < 4.78 is 5.16. The number of hydrogen-bond acceptors (Lipinski definition) is 3. The average molecular weight is 294 g/mol. The summed E-state index contributed by atoms with van der Waals surface area (Å²) >= 11 is 0. The minimum absolute atomic E-state index is 0. The fourth-order valence-corrected chi connectivity index (χ4v) is 1.43. The Morgan fingerprint density at radius 3 is 2.53 bits per heavy atom. The summed E-state index contributed by atoms with van der Waals surface area (Å²) in [5.74, 6) is 0. The second kappa shape index (κ2) is 5.64. The van der Waals surface area contributed by atoms with Gasteiger partial charge < -0.3 is 14.4 Å². The van der Waals surface area contributed by atoms with Gasteiger partial charge in [0.25, 0.3) is 0 Å². The first kappa shape index (κ1) is 14.6. The number of carbonyl (C=O) groups is 1. The van der Waals surface area contributed by atoms with Gasteiger partial charge in [0, 0.05) is 27.6 Å². The second-order valence-corrected chi connectivity index (χ2v) is 4.45. The third-order valence-corrected chi connectivity index (χ3v) is 2.02. The maximum absolute atomic E-state index is 11.6. The van der Waals surface area contributed by atoms with Crippen LogP contribution in [-0.2, 0) is 30.6 Å². The van der Waals surface area contributed by atoms with E-state index < -0.39 is 17.7 Å². The van der Waals surface area contributed by atoms with Gasteiger partial charge in [-0.15, -0.1) is 0 Å². The van der Waals surface area contributed by atoms with Crippen LogP contribution in [0.15, 0.2) is 0 Å². The van der Waals surface area contributed by atoms with E-state index in [1.54, 1.807) is 20.8 Å². The molecule has 0 aliphatic carbocycles. The van der Waals surface area contributed by atoms with Gasteiger partial charge in [0.05, 0.1) is 0 Å². The minimum atomic E-state index is -0.507. The number of carbonyl (C=O) groups excluding carboxylic acids is 2. The topological polar surface area (TPSA) is 46.6 Å². The Balaban J connectivity index is 0.00000196. The largest absolute Gasteiger partial charge is 0.540 e. The fourth-order valence-electron chi connectivity index (χ4n) is 1.43. The number of amides is 1. The van der Waals surface area contributed by atoms with Crippen molar-refractivity contribution in [3.8, 4) is 0 Å². The van der Waals surface area contributed by atoms with Crippen LogP contribution in [0.5, 0.6) is 0 Å². The van der Waals surface area contributed by atoms with Crippen molar-refractivity contribution in [2.75, 3.05) is 6.54 Å². The molecule has 0 aromatic heterocycles. The standard InChI is InChI=1S/C10H16NO3.Mo/c1-10(2,3)14-9(13)11-6-4-5-8(11)7-12;/h8H,4-6H2,1-3H3;/q-1;. The Morgan fingerprint density at radius 1 is 1.47 bits per heavy atom. The number of likely N-dealkylation sites (tertiary alicyclic amines) is 1. The van der Waals surface area contributed by atoms with E-state index in [1.807, 2.05) is 6.29 Å². The molecule has 86 valence electrons. The molecule has 1 unspecified atom stereocenters. The van der Waals surface area contributed by atoms with Crippen molar-refractivity contribution in [2.45, 2.75) is 45.3 Å². The first-order chi connectivity index (χ1) is 6.44. The summed E-state index contributed by atoms with van der Waals surface area (Å²) in [4.78, 5) is 23.5. The zero-order valence-corrected chi connectivity index (χ0v) is 11.3. The number of nitrogens with zero attached hydrogens (tertiary/aromatic N) is 1. The molecule has 0 bridgehead atoms. The van der Waals surface area contributed by atoms with E-state index in [0.717, 1.165) is 6.42 Å². The van der Waals surface area contributed by atoms with E-state index in [0.29, 0.717) is 13.0 Å². The molecule has 1 rings (SSSR count). The van der Waals surface area contributed by atoms with Crippen LogP contribution in [0, 0.1) is 0 Å². The smallest absolute Gasteiger partial charge is 0.408 e. The average Bonchev–Trinajstić information content (AvgIpc) is 2.47. The third-order valence-electron chi connectivity index (χ3n) is 2.02. The molecule has 5 heteroatoms. The van der Waals surface area contributed by atoms with Crippen molar-refractivity contribution in [3.63, 3.8) is 0 Å². The van der Waals surface area contributed by atoms with Crippen molar-refractivity contribution in [2.24, 2.45) is 0 Å². The summed E-state index contributed by atoms with van der Waals surface area (Å²) in [6.07, 6.45) is 2.99. The summed E-state index contributed by atoms with van der Waals surface area (Å²) in [7, 11) is 0. The summed E-state index contributed by atoms with van der Waals surface area (Å²) in [6, 6.07) is -0.412. The summed E-state index contributed by atoms with van der Waals surface area (Å²) in [5, 5.41) is 0. The van der Waals surface area contributed by atoms with Gasteiger partial charge in [-0.2, -0.15) is 0 Å². The Labute approximate surface area is 105 Å². The second-order valence-electron chi connectivity index (χ2n) is 4.45. The predicted molar refractivity (Wildman–Crippen MR) is 51.7 cm³/mol. The van der Waals surface area contributed by atoms with Crippen molar-refractivity contribution < 1.29 is 35.4 Å². The van der Waals surface area contributed by atoms with Crippen LogP contribution in [-0.4, -0.2) is 35.5 Å². The molecule has 1 heterocycles. The molecule has 1 saturated heterocycles. The van der Waals surface area contributed by atoms with Crippen molar-refractivity contribution in [1.29, 1.82) is 0 Å². The maximum Gasteiger partial charge on any atom is 0.408 e. The van der Waals surface area contributed by atoms with Crippen LogP contribution in [0.25, 0.3) is 0 Å². The van der Waals surface area contributed by atoms with Gasteiger partial charge in [-0.1, -0.05) is 12.5 Å². The van der Waals surface area contributed by atoms with Crippen LogP contribution in [0.4, 0.5) is 4.79 Å². The molecule has 1 aliphatic heterocycles. The molecule has 0 spiro atoms. The normalized spacial score (nSPS) is 20.7. The quantitative estimate of drug-likeness (QED) is 0.544. The van der Waals surface area contributed by atoms with Gasteiger partial charge in [0.1, 0.15) is 5.60 Å². The molecule has 4 nitrogen and oxygen atoms in total. The van der Waals surface area contributed by atoms with Gasteiger partial charge in [-0.05, 0) is 27.2 Å². The molecule has 0 radical (unpaired) electrons. The molecule has 0 saturated carbocycles. The Morgan fingerprint density at radius 2 is 2.07 bits per heavy atom. The van der Waals surface area contributed by atoms with Crippen LogP contribution < -0.4 is 0 Å². The minimum Gasteiger partial charge on any atom is -0.540 e. The van der Waals surface area contributed by atoms with Crippen LogP contribution in [0.3, 0.4) is 0 Å². The first-order valence-electron chi connectivity index (χ1n) is 4.81. The van der Waals surface area contributed by atoms with Crippen molar-refractivity contribution >= 4 is 12.4 Å². The molecular weight excluding hydrogens is 278 g/mol. The molecule has 1 amide bonds. The molecular formula is C10H16MoNO3-. The zero-order chi connectivity index (χ0) is 10.8.